The van der Waals surface area contributed by atoms with Gasteiger partial charge in [-0.25, -0.2) is 4.68 Å². The lowest BCUT2D eigenvalue weighted by atomic mass is 9.53. The van der Waals surface area contributed by atoms with Crippen LogP contribution in [0.3, 0.4) is 0 Å². The van der Waals surface area contributed by atoms with Crippen LogP contribution >= 0.6 is 11.6 Å². The molecule has 130 valence electrons. The maximum atomic E-state index is 13.0. The number of rotatable bonds is 3. The van der Waals surface area contributed by atoms with E-state index >= 15 is 0 Å². The van der Waals surface area contributed by atoms with Crippen molar-refractivity contribution >= 4 is 17.3 Å². The molecule has 0 spiro atoms. The minimum atomic E-state index is -0.0818. The normalized spacial score (nSPS) is 38.0. The molecule has 5 heteroatoms. The maximum Gasteiger partial charge on any atom is 0.288 e. The predicted molar refractivity (Wildman–Crippen MR) is 95.5 cm³/mol. The average molecular weight is 348 g/mol. The van der Waals surface area contributed by atoms with E-state index in [0.717, 1.165) is 55.5 Å². The van der Waals surface area contributed by atoms with E-state index in [9.17, 15) is 4.79 Å². The Hall–Kier alpha value is -1.03. The van der Waals surface area contributed by atoms with Gasteiger partial charge in [-0.2, -0.15) is 5.10 Å². The van der Waals surface area contributed by atoms with Gasteiger partial charge in [0.25, 0.3) is 5.56 Å². The Morgan fingerprint density at radius 1 is 1.08 bits per heavy atom. The van der Waals surface area contributed by atoms with Crippen LogP contribution in [0.2, 0.25) is 5.02 Å². The molecule has 5 saturated carbocycles. The summed E-state index contributed by atoms with van der Waals surface area (Å²) in [7, 11) is 0. The van der Waals surface area contributed by atoms with Crippen molar-refractivity contribution in [1.82, 2.24) is 9.78 Å². The largest absolute Gasteiger partial charge is 0.380 e. The molecule has 0 unspecified atom stereocenters. The molecule has 0 aliphatic heterocycles. The monoisotopic (exact) mass is 347 g/mol. The third kappa shape index (κ3) is 2.33. The summed E-state index contributed by atoms with van der Waals surface area (Å²) in [6.45, 7) is 0. The van der Waals surface area contributed by atoms with Gasteiger partial charge in [0.2, 0.25) is 0 Å². The van der Waals surface area contributed by atoms with Crippen LogP contribution in [0.1, 0.15) is 64.2 Å². The highest BCUT2D eigenvalue weighted by molar-refractivity contribution is 6.32. The molecular formula is C19H26ClN3O. The molecule has 0 atom stereocenters. The van der Waals surface area contributed by atoms with Crippen molar-refractivity contribution in [1.29, 1.82) is 0 Å². The standard InChI is InChI=1S/C19H26ClN3O/c20-17-16(22-15-3-1-2-4-15)11-21-23(18(17)24)19-8-12-5-13(9-19)7-14(6-12)10-19/h11-15,22H,1-10H2. The molecule has 5 fully saturated rings. The molecule has 0 aromatic carbocycles. The lowest BCUT2D eigenvalue weighted by Crippen LogP contribution is -2.55. The third-order valence-electron chi connectivity index (χ3n) is 7.09. The van der Waals surface area contributed by atoms with Gasteiger partial charge in [-0.05, 0) is 69.1 Å². The second kappa shape index (κ2) is 5.48. The molecule has 0 amide bonds. The van der Waals surface area contributed by atoms with E-state index < -0.39 is 0 Å². The molecule has 4 bridgehead atoms. The highest BCUT2D eigenvalue weighted by atomic mass is 35.5. The molecule has 5 aliphatic carbocycles. The fraction of sp³-hybridized carbons (Fsp3) is 0.789. The van der Waals surface area contributed by atoms with Crippen LogP contribution in [0.15, 0.2) is 11.0 Å². The SMILES string of the molecule is O=c1c(Cl)c(NC2CCCC2)cnn1C12CC3CC(CC(C3)C1)C2. The summed E-state index contributed by atoms with van der Waals surface area (Å²) in [5.41, 5.74) is 0.595. The summed E-state index contributed by atoms with van der Waals surface area (Å²) in [5.74, 6) is 2.38. The Morgan fingerprint density at radius 2 is 1.67 bits per heavy atom. The summed E-state index contributed by atoms with van der Waals surface area (Å²) < 4.78 is 1.78. The van der Waals surface area contributed by atoms with Gasteiger partial charge in [0.1, 0.15) is 5.02 Å². The minimum Gasteiger partial charge on any atom is -0.380 e. The summed E-state index contributed by atoms with van der Waals surface area (Å²) in [6, 6.07) is 0.444. The van der Waals surface area contributed by atoms with Crippen molar-refractivity contribution < 1.29 is 0 Å². The minimum absolute atomic E-state index is 0.0542. The van der Waals surface area contributed by atoms with Crippen molar-refractivity contribution in [2.24, 2.45) is 17.8 Å². The molecule has 1 aromatic heterocycles. The first-order valence-electron chi connectivity index (χ1n) is 9.68. The quantitative estimate of drug-likeness (QED) is 0.892. The zero-order chi connectivity index (χ0) is 16.3. The van der Waals surface area contributed by atoms with Gasteiger partial charge in [-0.15, -0.1) is 0 Å². The first-order chi connectivity index (χ1) is 11.6. The highest BCUT2D eigenvalue weighted by Gasteiger charge is 2.53. The Balaban J connectivity index is 1.48. The molecule has 0 saturated heterocycles. The summed E-state index contributed by atoms with van der Waals surface area (Å²) >= 11 is 6.48. The number of anilines is 1. The topological polar surface area (TPSA) is 46.9 Å². The molecule has 1 N–H and O–H groups in total. The van der Waals surface area contributed by atoms with Crippen LogP contribution in [0.25, 0.3) is 0 Å². The third-order valence-corrected chi connectivity index (χ3v) is 7.45. The van der Waals surface area contributed by atoms with Gasteiger partial charge in [-0.1, -0.05) is 24.4 Å². The molecule has 4 nitrogen and oxygen atoms in total. The van der Waals surface area contributed by atoms with E-state index in [0.29, 0.717) is 11.1 Å². The Morgan fingerprint density at radius 3 is 2.25 bits per heavy atom. The van der Waals surface area contributed by atoms with Crippen molar-refractivity contribution in [3.05, 3.63) is 21.6 Å². The Kier molecular flexibility index (Phi) is 3.48. The summed E-state index contributed by atoms with van der Waals surface area (Å²) in [6.07, 6.45) is 14.1. The van der Waals surface area contributed by atoms with E-state index in [4.69, 9.17) is 11.6 Å². The van der Waals surface area contributed by atoms with Crippen LogP contribution in [-0.2, 0) is 5.54 Å². The number of nitrogens with one attached hydrogen (secondary N) is 1. The summed E-state index contributed by atoms with van der Waals surface area (Å²) in [5, 5.41) is 8.41. The number of hydrogen-bond acceptors (Lipinski definition) is 3. The van der Waals surface area contributed by atoms with Gasteiger partial charge in [-0.3, -0.25) is 4.79 Å². The van der Waals surface area contributed by atoms with Crippen LogP contribution in [0.4, 0.5) is 5.69 Å². The average Bonchev–Trinajstić information content (AvgIpc) is 3.03. The molecular weight excluding hydrogens is 322 g/mol. The van der Waals surface area contributed by atoms with Crippen molar-refractivity contribution in [2.75, 3.05) is 5.32 Å². The number of aromatic nitrogens is 2. The number of nitrogens with zero attached hydrogens (tertiary/aromatic N) is 2. The zero-order valence-corrected chi connectivity index (χ0v) is 14.9. The fourth-order valence-electron chi connectivity index (χ4n) is 6.49. The Labute approximate surface area is 148 Å². The fourth-order valence-corrected chi connectivity index (χ4v) is 6.67. The van der Waals surface area contributed by atoms with Crippen molar-refractivity contribution in [2.45, 2.75) is 75.8 Å². The van der Waals surface area contributed by atoms with Crippen LogP contribution in [-0.4, -0.2) is 15.8 Å². The maximum absolute atomic E-state index is 13.0. The Bertz CT molecular complexity index is 672. The van der Waals surface area contributed by atoms with Crippen molar-refractivity contribution in [3.63, 3.8) is 0 Å². The lowest BCUT2D eigenvalue weighted by molar-refractivity contribution is -0.0518. The molecule has 6 rings (SSSR count). The second-order valence-corrected chi connectivity index (χ2v) is 9.23. The molecule has 24 heavy (non-hydrogen) atoms. The van der Waals surface area contributed by atoms with E-state index in [1.807, 2.05) is 0 Å². The van der Waals surface area contributed by atoms with E-state index in [-0.39, 0.29) is 11.1 Å². The highest BCUT2D eigenvalue weighted by Crippen LogP contribution is 2.58. The predicted octanol–water partition coefficient (Wildman–Crippen LogP) is 4.18. The summed E-state index contributed by atoms with van der Waals surface area (Å²) in [4.78, 5) is 13.0. The number of hydrogen-bond donors (Lipinski definition) is 1. The van der Waals surface area contributed by atoms with E-state index in [1.165, 1.54) is 32.1 Å². The van der Waals surface area contributed by atoms with Crippen LogP contribution in [0, 0.1) is 17.8 Å². The van der Waals surface area contributed by atoms with Gasteiger partial charge >= 0.3 is 0 Å². The van der Waals surface area contributed by atoms with Gasteiger partial charge in [0.15, 0.2) is 0 Å². The first kappa shape index (κ1) is 15.2. The van der Waals surface area contributed by atoms with Gasteiger partial charge < -0.3 is 5.32 Å². The lowest BCUT2D eigenvalue weighted by Gasteiger charge is -2.56. The van der Waals surface area contributed by atoms with E-state index in [1.54, 1.807) is 10.9 Å². The van der Waals surface area contributed by atoms with Crippen LogP contribution < -0.4 is 10.9 Å². The second-order valence-electron chi connectivity index (χ2n) is 8.86. The van der Waals surface area contributed by atoms with Crippen molar-refractivity contribution in [3.8, 4) is 0 Å². The molecule has 5 aliphatic rings. The van der Waals surface area contributed by atoms with Gasteiger partial charge in [0, 0.05) is 6.04 Å². The smallest absolute Gasteiger partial charge is 0.288 e. The number of halogens is 1. The molecule has 1 heterocycles. The molecule has 1 aromatic rings. The van der Waals surface area contributed by atoms with E-state index in [2.05, 4.69) is 10.4 Å². The first-order valence-corrected chi connectivity index (χ1v) is 10.1. The van der Waals surface area contributed by atoms with Gasteiger partial charge in [0.05, 0.1) is 17.4 Å². The van der Waals surface area contributed by atoms with Crippen LogP contribution in [0.5, 0.6) is 0 Å². The molecule has 0 radical (unpaired) electrons. The zero-order valence-electron chi connectivity index (χ0n) is 14.1.